The Morgan fingerprint density at radius 3 is 2.50 bits per heavy atom. The van der Waals surface area contributed by atoms with Gasteiger partial charge < -0.3 is 10.3 Å². The summed E-state index contributed by atoms with van der Waals surface area (Å²) < 4.78 is 29.4. The lowest BCUT2D eigenvalue weighted by Crippen LogP contribution is -2.41. The minimum Gasteiger partial charge on any atom is -0.349 e. The molecule has 1 aromatic rings. The molecule has 0 amide bonds. The highest BCUT2D eigenvalue weighted by molar-refractivity contribution is 7.89. The first kappa shape index (κ1) is 15.5. The van der Waals surface area contributed by atoms with Crippen LogP contribution in [0.2, 0.25) is 0 Å². The Morgan fingerprint density at radius 1 is 1.40 bits per heavy atom. The van der Waals surface area contributed by atoms with Crippen LogP contribution >= 0.6 is 0 Å². The fourth-order valence-corrected chi connectivity index (χ4v) is 4.02. The minimum absolute atomic E-state index is 0.178. The molecule has 3 N–H and O–H groups in total. The van der Waals surface area contributed by atoms with Gasteiger partial charge in [0.15, 0.2) is 0 Å². The van der Waals surface area contributed by atoms with Crippen LogP contribution in [0, 0.1) is 5.41 Å². The second kappa shape index (κ2) is 5.87. The van der Waals surface area contributed by atoms with E-state index in [9.17, 15) is 8.42 Å². The average Bonchev–Trinajstić information content (AvgIpc) is 2.82. The van der Waals surface area contributed by atoms with Crippen molar-refractivity contribution in [2.75, 3.05) is 6.54 Å². The van der Waals surface area contributed by atoms with Gasteiger partial charge in [-0.15, -0.1) is 0 Å². The van der Waals surface area contributed by atoms with Crippen LogP contribution in [0.5, 0.6) is 0 Å². The van der Waals surface area contributed by atoms with Crippen LogP contribution in [0.15, 0.2) is 17.2 Å². The Bertz CT molecular complexity index is 532. The molecule has 1 aromatic heterocycles. The van der Waals surface area contributed by atoms with Crippen molar-refractivity contribution in [2.24, 2.45) is 11.1 Å². The minimum atomic E-state index is -3.43. The maximum absolute atomic E-state index is 12.4. The SMILES string of the molecule is CCn1cc(S(=O)(=O)NCC2(CC)CCC2)cc1CN. The van der Waals surface area contributed by atoms with E-state index in [1.807, 2.05) is 11.5 Å². The fourth-order valence-electron chi connectivity index (χ4n) is 2.80. The molecule has 1 aliphatic rings. The number of rotatable bonds is 7. The van der Waals surface area contributed by atoms with E-state index >= 15 is 0 Å². The molecular formula is C14H25N3O2S. The summed E-state index contributed by atoms with van der Waals surface area (Å²) in [5.41, 5.74) is 6.67. The smallest absolute Gasteiger partial charge is 0.242 e. The van der Waals surface area contributed by atoms with Crippen molar-refractivity contribution < 1.29 is 8.42 Å². The van der Waals surface area contributed by atoms with Crippen LogP contribution < -0.4 is 10.5 Å². The summed E-state index contributed by atoms with van der Waals surface area (Å²) >= 11 is 0. The molecule has 0 spiro atoms. The van der Waals surface area contributed by atoms with Crippen LogP contribution in [-0.2, 0) is 23.1 Å². The Kier molecular flexibility index (Phi) is 4.56. The van der Waals surface area contributed by atoms with Crippen LogP contribution in [0.25, 0.3) is 0 Å². The molecule has 5 nitrogen and oxygen atoms in total. The standard InChI is InChI=1S/C14H25N3O2S/c1-3-14(6-5-7-14)11-16-20(18,19)13-8-12(9-15)17(4-2)10-13/h8,10,16H,3-7,9,11,15H2,1-2H3. The van der Waals surface area contributed by atoms with E-state index in [0.717, 1.165) is 31.5 Å². The number of nitrogens with zero attached hydrogens (tertiary/aromatic N) is 1. The van der Waals surface area contributed by atoms with E-state index in [1.165, 1.54) is 6.42 Å². The lowest BCUT2D eigenvalue weighted by atomic mass is 9.67. The van der Waals surface area contributed by atoms with E-state index in [2.05, 4.69) is 11.6 Å². The quantitative estimate of drug-likeness (QED) is 0.806. The number of sulfonamides is 1. The van der Waals surface area contributed by atoms with Crippen LogP contribution in [0.1, 0.15) is 45.2 Å². The van der Waals surface area contributed by atoms with Crippen LogP contribution in [0.4, 0.5) is 0 Å². The zero-order chi connectivity index (χ0) is 14.8. The topological polar surface area (TPSA) is 77.1 Å². The molecule has 0 saturated heterocycles. The van der Waals surface area contributed by atoms with E-state index < -0.39 is 10.0 Å². The van der Waals surface area contributed by atoms with Crippen molar-refractivity contribution in [3.63, 3.8) is 0 Å². The van der Waals surface area contributed by atoms with Crippen LogP contribution in [0.3, 0.4) is 0 Å². The highest BCUT2D eigenvalue weighted by atomic mass is 32.2. The summed E-state index contributed by atoms with van der Waals surface area (Å²) in [5, 5.41) is 0. The van der Waals surface area contributed by atoms with Gasteiger partial charge in [-0.1, -0.05) is 13.3 Å². The maximum Gasteiger partial charge on any atom is 0.242 e. The van der Waals surface area contributed by atoms with Crippen molar-refractivity contribution in [3.8, 4) is 0 Å². The van der Waals surface area contributed by atoms with Gasteiger partial charge in [0.1, 0.15) is 0 Å². The zero-order valence-electron chi connectivity index (χ0n) is 12.4. The molecule has 2 rings (SSSR count). The molecule has 0 atom stereocenters. The first-order valence-electron chi connectivity index (χ1n) is 7.35. The number of nitrogens with one attached hydrogen (secondary N) is 1. The monoisotopic (exact) mass is 299 g/mol. The molecule has 0 unspecified atom stereocenters. The third-order valence-corrected chi connectivity index (χ3v) is 5.99. The van der Waals surface area contributed by atoms with Crippen LogP contribution in [-0.4, -0.2) is 19.5 Å². The van der Waals surface area contributed by atoms with Crippen molar-refractivity contribution >= 4 is 10.0 Å². The number of aromatic nitrogens is 1. The average molecular weight is 299 g/mol. The molecule has 6 heteroatoms. The third-order valence-electron chi connectivity index (χ3n) is 4.62. The van der Waals surface area contributed by atoms with Gasteiger partial charge in [0.05, 0.1) is 4.90 Å². The molecule has 20 heavy (non-hydrogen) atoms. The molecule has 1 heterocycles. The molecule has 0 radical (unpaired) electrons. The summed E-state index contributed by atoms with van der Waals surface area (Å²) in [7, 11) is -3.43. The predicted molar refractivity (Wildman–Crippen MR) is 79.8 cm³/mol. The van der Waals surface area contributed by atoms with E-state index in [0.29, 0.717) is 18.0 Å². The summed E-state index contributed by atoms with van der Waals surface area (Å²) in [5.74, 6) is 0. The molecule has 1 aliphatic carbocycles. The van der Waals surface area contributed by atoms with Crippen molar-refractivity contribution in [3.05, 3.63) is 18.0 Å². The van der Waals surface area contributed by atoms with Gasteiger partial charge in [0.25, 0.3) is 0 Å². The molecule has 0 aliphatic heterocycles. The fraction of sp³-hybridized carbons (Fsp3) is 0.714. The van der Waals surface area contributed by atoms with Gasteiger partial charge in [-0.05, 0) is 37.7 Å². The van der Waals surface area contributed by atoms with Crippen molar-refractivity contribution in [1.82, 2.24) is 9.29 Å². The Hall–Kier alpha value is -0.850. The molecule has 1 saturated carbocycles. The zero-order valence-corrected chi connectivity index (χ0v) is 13.2. The number of aryl methyl sites for hydroxylation is 1. The number of nitrogens with two attached hydrogens (primary N) is 1. The molecular weight excluding hydrogens is 274 g/mol. The molecule has 0 bridgehead atoms. The van der Waals surface area contributed by atoms with Crippen molar-refractivity contribution in [1.29, 1.82) is 0 Å². The molecule has 1 fully saturated rings. The van der Waals surface area contributed by atoms with E-state index in [-0.39, 0.29) is 5.41 Å². The van der Waals surface area contributed by atoms with Gasteiger partial charge in [-0.2, -0.15) is 0 Å². The lowest BCUT2D eigenvalue weighted by molar-refractivity contribution is 0.133. The summed E-state index contributed by atoms with van der Waals surface area (Å²) in [6.45, 7) is 5.72. The number of hydrogen-bond donors (Lipinski definition) is 2. The summed E-state index contributed by atoms with van der Waals surface area (Å²) in [6.07, 6.45) is 6.15. The summed E-state index contributed by atoms with van der Waals surface area (Å²) in [6, 6.07) is 1.67. The second-order valence-corrected chi connectivity index (χ2v) is 7.46. The van der Waals surface area contributed by atoms with Gasteiger partial charge in [-0.3, -0.25) is 0 Å². The highest BCUT2D eigenvalue weighted by Crippen LogP contribution is 2.43. The second-order valence-electron chi connectivity index (χ2n) is 5.69. The summed E-state index contributed by atoms with van der Waals surface area (Å²) in [4.78, 5) is 0.324. The molecule has 0 aromatic carbocycles. The lowest BCUT2D eigenvalue weighted by Gasteiger charge is -2.41. The van der Waals surface area contributed by atoms with Gasteiger partial charge in [0, 0.05) is 31.5 Å². The van der Waals surface area contributed by atoms with E-state index in [4.69, 9.17) is 5.73 Å². The Labute approximate surface area is 121 Å². The first-order chi connectivity index (χ1) is 9.46. The van der Waals surface area contributed by atoms with Gasteiger partial charge >= 0.3 is 0 Å². The Balaban J connectivity index is 2.12. The van der Waals surface area contributed by atoms with Gasteiger partial charge in [0.2, 0.25) is 10.0 Å². The predicted octanol–water partition coefficient (Wildman–Crippen LogP) is 1.83. The molecule has 114 valence electrons. The Morgan fingerprint density at radius 2 is 2.10 bits per heavy atom. The first-order valence-corrected chi connectivity index (χ1v) is 8.83. The maximum atomic E-state index is 12.4. The van der Waals surface area contributed by atoms with E-state index in [1.54, 1.807) is 12.3 Å². The highest BCUT2D eigenvalue weighted by Gasteiger charge is 2.36. The van der Waals surface area contributed by atoms with Gasteiger partial charge in [-0.25, -0.2) is 13.1 Å². The normalized spacial score (nSPS) is 17.9. The largest absolute Gasteiger partial charge is 0.349 e. The van der Waals surface area contributed by atoms with Crippen molar-refractivity contribution in [2.45, 2.75) is 57.5 Å². The number of hydrogen-bond acceptors (Lipinski definition) is 3. The third kappa shape index (κ3) is 2.92.